The molecular weight excluding hydrogens is 667 g/mol. The zero-order valence-electron chi connectivity index (χ0n) is 26.0. The molecule has 0 aromatic heterocycles. The molecule has 4 aromatic rings. The van der Waals surface area contributed by atoms with Crippen molar-refractivity contribution in [1.29, 1.82) is 0 Å². The van der Waals surface area contributed by atoms with E-state index in [2.05, 4.69) is 74.5 Å². The molecule has 45 heavy (non-hydrogen) atoms. The molecule has 0 amide bonds. The van der Waals surface area contributed by atoms with E-state index in [9.17, 15) is 9.13 Å². The van der Waals surface area contributed by atoms with Crippen molar-refractivity contribution in [2.75, 3.05) is 0 Å². The third kappa shape index (κ3) is 7.98. The van der Waals surface area contributed by atoms with E-state index in [4.69, 9.17) is 23.0 Å². The van der Waals surface area contributed by atoms with Crippen molar-refractivity contribution in [3.63, 3.8) is 0 Å². The summed E-state index contributed by atoms with van der Waals surface area (Å²) in [5.41, 5.74) is 10.3. The van der Waals surface area contributed by atoms with Crippen LogP contribution in [0.25, 0.3) is 33.4 Å². The highest BCUT2D eigenvalue weighted by molar-refractivity contribution is 8.60. The SMILES string of the molecule is CCCCCCC1(CCCCCC)c2cc(-c3ccc(SP(=O)=S)cc3)ccc2-c2ccc(-c3ccc(P(=O)=S=S)cc3)cc21. The van der Waals surface area contributed by atoms with E-state index < -0.39 is 12.4 Å². The number of unbranched alkanes of at least 4 members (excludes halogenated alkanes) is 6. The van der Waals surface area contributed by atoms with Crippen molar-refractivity contribution >= 4 is 61.5 Å². The molecule has 1 aliphatic carbocycles. The molecule has 5 rings (SSSR count). The molecule has 4 aromatic carbocycles. The maximum atomic E-state index is 12.3. The molecule has 0 radical (unpaired) electrons. The average molecular weight is 707 g/mol. The molecule has 2 nitrogen and oxygen atoms in total. The van der Waals surface area contributed by atoms with Crippen molar-refractivity contribution in [3.05, 3.63) is 96.1 Å². The largest absolute Gasteiger partial charge is 0.265 e. The van der Waals surface area contributed by atoms with Crippen LogP contribution in [0.4, 0.5) is 0 Å². The van der Waals surface area contributed by atoms with Crippen LogP contribution in [-0.2, 0) is 47.0 Å². The molecule has 0 fully saturated rings. The van der Waals surface area contributed by atoms with E-state index in [0.717, 1.165) is 38.1 Å². The van der Waals surface area contributed by atoms with Crippen LogP contribution in [0.2, 0.25) is 0 Å². The van der Waals surface area contributed by atoms with Gasteiger partial charge in [0.05, 0.1) is 0 Å². The van der Waals surface area contributed by atoms with Crippen LogP contribution in [0, 0.1) is 0 Å². The molecule has 0 saturated carbocycles. The summed E-state index contributed by atoms with van der Waals surface area (Å²) in [5, 5.41) is 0.792. The first kappa shape index (κ1) is 34.4. The molecule has 234 valence electrons. The fourth-order valence-electron chi connectivity index (χ4n) is 6.84. The van der Waals surface area contributed by atoms with E-state index in [1.54, 1.807) is 0 Å². The lowest BCUT2D eigenvalue weighted by Crippen LogP contribution is -2.25. The van der Waals surface area contributed by atoms with Crippen LogP contribution in [-0.4, -0.2) is 0 Å². The number of benzene rings is 4. The summed E-state index contributed by atoms with van der Waals surface area (Å²) in [5.74, 6) is -1.70. The average Bonchev–Trinajstić information content (AvgIpc) is 3.33. The van der Waals surface area contributed by atoms with Gasteiger partial charge < -0.3 is 0 Å². The van der Waals surface area contributed by atoms with Gasteiger partial charge >= 0.3 is 0 Å². The fraction of sp³-hybridized carbons (Fsp3) is 0.351. The van der Waals surface area contributed by atoms with Crippen LogP contribution in [0.15, 0.2) is 89.8 Å². The number of hydrogen-bond donors (Lipinski definition) is 0. The summed E-state index contributed by atoms with van der Waals surface area (Å²) in [6.07, 6.45) is 12.2. The first-order chi connectivity index (χ1) is 21.9. The monoisotopic (exact) mass is 706 g/mol. The topological polar surface area (TPSA) is 34.1 Å². The fourth-order valence-corrected chi connectivity index (χ4v) is 10.8. The minimum Gasteiger partial charge on any atom is -0.265 e. The Labute approximate surface area is 286 Å². The van der Waals surface area contributed by atoms with Gasteiger partial charge in [0.1, 0.15) is 0 Å². The Morgan fingerprint density at radius 1 is 0.622 bits per heavy atom. The first-order valence-electron chi connectivity index (χ1n) is 16.0. The van der Waals surface area contributed by atoms with Crippen molar-refractivity contribution in [3.8, 4) is 33.4 Å². The molecular formula is C37H40O2P2S4. The maximum Gasteiger partial charge on any atom is 0.231 e. The summed E-state index contributed by atoms with van der Waals surface area (Å²) < 4.78 is 23.9. The second-order valence-corrected chi connectivity index (χ2v) is 20.2. The van der Waals surface area contributed by atoms with E-state index in [1.807, 2.05) is 24.3 Å². The Balaban J connectivity index is 1.62. The second kappa shape index (κ2) is 16.3. The highest BCUT2D eigenvalue weighted by atomic mass is 32.9. The maximum absolute atomic E-state index is 12.3. The smallest absolute Gasteiger partial charge is 0.231 e. The van der Waals surface area contributed by atoms with Gasteiger partial charge in [-0.3, -0.25) is 9.13 Å². The minimum atomic E-state index is -1.70. The molecule has 0 N–H and O–H groups in total. The zero-order chi connectivity index (χ0) is 31.8. The second-order valence-electron chi connectivity index (χ2n) is 11.9. The van der Waals surface area contributed by atoms with Gasteiger partial charge in [0.15, 0.2) is 6.58 Å². The highest BCUT2D eigenvalue weighted by Crippen LogP contribution is 2.55. The van der Waals surface area contributed by atoms with Gasteiger partial charge in [0, 0.05) is 15.6 Å². The minimum absolute atomic E-state index is 0.0447. The summed E-state index contributed by atoms with van der Waals surface area (Å²) in [7, 11) is 0.988. The standard InChI is InChI=1S/C37H40O2P2S4/c1-3-5-7-9-23-37(24-10-8-6-4-2)35-25-29(27-11-17-31(18-12-27)40(38)45-43)15-21-33(35)34-22-16-30(26-36(34)37)28-13-19-32(20-14-28)44-41(39)42/h11-22,25-26H,3-10,23-24H2,1-2H3. The van der Waals surface area contributed by atoms with Gasteiger partial charge in [-0.25, -0.2) is 0 Å². The number of rotatable bonds is 15. The summed E-state index contributed by atoms with van der Waals surface area (Å²) in [6, 6.07) is 30.5. The third-order valence-electron chi connectivity index (χ3n) is 9.12. The predicted molar refractivity (Wildman–Crippen MR) is 204 cm³/mol. The van der Waals surface area contributed by atoms with Crippen LogP contribution in [0.1, 0.15) is 89.2 Å². The van der Waals surface area contributed by atoms with Gasteiger partial charge in [-0.15, -0.1) is 0 Å². The van der Waals surface area contributed by atoms with Gasteiger partial charge in [-0.1, -0.05) is 114 Å². The normalized spacial score (nSPS) is 13.6. The molecule has 0 spiro atoms. The molecule has 0 saturated heterocycles. The van der Waals surface area contributed by atoms with Crippen molar-refractivity contribution < 1.29 is 9.13 Å². The summed E-state index contributed by atoms with van der Waals surface area (Å²) >= 11 is 11.1. The Bertz CT molecular complexity index is 1800. The lowest BCUT2D eigenvalue weighted by atomic mass is 9.70. The van der Waals surface area contributed by atoms with Crippen LogP contribution < -0.4 is 5.30 Å². The molecule has 2 atom stereocenters. The van der Waals surface area contributed by atoms with Gasteiger partial charge in [-0.05, 0) is 138 Å². The lowest BCUT2D eigenvalue weighted by Gasteiger charge is -2.33. The van der Waals surface area contributed by atoms with Gasteiger partial charge in [-0.2, -0.15) is 0 Å². The Morgan fingerprint density at radius 3 is 1.53 bits per heavy atom. The van der Waals surface area contributed by atoms with Crippen LogP contribution >= 0.6 is 23.7 Å². The highest BCUT2D eigenvalue weighted by Gasteiger charge is 2.42. The number of hydrogen-bond acceptors (Lipinski definition) is 5. The van der Waals surface area contributed by atoms with E-state index in [0.29, 0.717) is 0 Å². The number of fused-ring (bicyclic) bond motifs is 3. The Hall–Kier alpha value is -1.91. The molecule has 2 unspecified atom stereocenters. The third-order valence-corrected chi connectivity index (χ3v) is 14.6. The molecule has 0 heterocycles. The Morgan fingerprint density at radius 2 is 1.09 bits per heavy atom. The van der Waals surface area contributed by atoms with E-state index in [1.165, 1.54) is 102 Å². The first-order valence-corrected chi connectivity index (χ1v) is 23.3. The zero-order valence-corrected chi connectivity index (χ0v) is 31.1. The molecule has 8 heteroatoms. The van der Waals surface area contributed by atoms with Gasteiger partial charge in [0.25, 0.3) is 0 Å². The lowest BCUT2D eigenvalue weighted by molar-refractivity contribution is 0.401. The van der Waals surface area contributed by atoms with Crippen LogP contribution in [0.3, 0.4) is 0 Å². The Kier molecular flexibility index (Phi) is 12.4. The summed E-state index contributed by atoms with van der Waals surface area (Å²) in [4.78, 5) is 0.944. The van der Waals surface area contributed by atoms with Crippen molar-refractivity contribution in [2.24, 2.45) is 0 Å². The van der Waals surface area contributed by atoms with Crippen LogP contribution in [0.5, 0.6) is 0 Å². The van der Waals surface area contributed by atoms with Crippen molar-refractivity contribution in [1.82, 2.24) is 0 Å². The van der Waals surface area contributed by atoms with Gasteiger partial charge in [0.2, 0.25) is 5.78 Å². The molecule has 1 aliphatic rings. The molecule has 0 aliphatic heterocycles. The quantitative estimate of drug-likeness (QED) is 0.0908. The summed E-state index contributed by atoms with van der Waals surface area (Å²) in [6.45, 7) is 2.97. The predicted octanol–water partition coefficient (Wildman–Crippen LogP) is 12.4. The molecule has 0 bridgehead atoms. The van der Waals surface area contributed by atoms with E-state index >= 15 is 0 Å². The van der Waals surface area contributed by atoms with Crippen molar-refractivity contribution in [2.45, 2.75) is 88.4 Å². The van der Waals surface area contributed by atoms with E-state index in [-0.39, 0.29) is 5.41 Å².